The van der Waals surface area contributed by atoms with E-state index in [0.29, 0.717) is 0 Å². The van der Waals surface area contributed by atoms with E-state index in [1.54, 1.807) is 0 Å². The monoisotopic (exact) mass is 300 g/mol. The Morgan fingerprint density at radius 2 is 1.90 bits per heavy atom. The van der Waals surface area contributed by atoms with E-state index in [9.17, 15) is 22.4 Å². The third kappa shape index (κ3) is 3.32. The summed E-state index contributed by atoms with van der Waals surface area (Å²) in [5.74, 6) is -3.03. The molecule has 0 radical (unpaired) electrons. The lowest BCUT2D eigenvalue weighted by atomic mass is 10.1. The quantitative estimate of drug-likeness (QED) is 0.753. The van der Waals surface area contributed by atoms with E-state index >= 15 is 0 Å². The molecule has 108 valence electrons. The van der Waals surface area contributed by atoms with Crippen molar-refractivity contribution in [3.63, 3.8) is 0 Å². The summed E-state index contributed by atoms with van der Waals surface area (Å²) in [7, 11) is -3.17. The van der Waals surface area contributed by atoms with Crippen LogP contribution in [0.15, 0.2) is 24.3 Å². The van der Waals surface area contributed by atoms with Crippen LogP contribution in [-0.4, -0.2) is 31.7 Å². The van der Waals surface area contributed by atoms with Crippen LogP contribution in [0.1, 0.15) is 16.8 Å². The summed E-state index contributed by atoms with van der Waals surface area (Å²) in [6.45, 7) is 0. The highest BCUT2D eigenvalue weighted by Gasteiger charge is 2.33. The fourth-order valence-electron chi connectivity index (χ4n) is 1.93. The Bertz CT molecular complexity index is 645. The largest absolute Gasteiger partial charge is 0.273 e. The number of carbonyl (C=O) groups is 2. The predicted octanol–water partition coefficient (Wildman–Crippen LogP) is 0.0214. The fourth-order valence-corrected chi connectivity index (χ4v) is 3.68. The first-order chi connectivity index (χ1) is 9.39. The van der Waals surface area contributed by atoms with E-state index in [1.807, 2.05) is 0 Å². The Kier molecular flexibility index (Phi) is 4.03. The number of rotatable bonds is 2. The van der Waals surface area contributed by atoms with Crippen molar-refractivity contribution in [2.45, 2.75) is 6.42 Å². The molecule has 1 atom stereocenters. The van der Waals surface area contributed by atoms with Crippen molar-refractivity contribution >= 4 is 21.7 Å². The summed E-state index contributed by atoms with van der Waals surface area (Å²) < 4.78 is 35.8. The molecule has 1 aliphatic rings. The zero-order valence-electron chi connectivity index (χ0n) is 10.4. The van der Waals surface area contributed by atoms with E-state index in [4.69, 9.17) is 0 Å². The minimum absolute atomic E-state index is 0.0354. The fraction of sp³-hybridized carbons (Fsp3) is 0.333. The lowest BCUT2D eigenvalue weighted by Gasteiger charge is -2.10. The van der Waals surface area contributed by atoms with E-state index in [0.717, 1.165) is 6.07 Å². The van der Waals surface area contributed by atoms with Crippen LogP contribution in [0.2, 0.25) is 0 Å². The molecule has 0 spiro atoms. The van der Waals surface area contributed by atoms with Crippen molar-refractivity contribution in [1.82, 2.24) is 10.9 Å². The number of hydrogen-bond donors (Lipinski definition) is 2. The van der Waals surface area contributed by atoms with E-state index in [-0.39, 0.29) is 23.5 Å². The van der Waals surface area contributed by atoms with Crippen LogP contribution in [0.3, 0.4) is 0 Å². The van der Waals surface area contributed by atoms with Crippen LogP contribution < -0.4 is 10.9 Å². The number of hydrogen-bond acceptors (Lipinski definition) is 4. The average Bonchev–Trinajstić information content (AvgIpc) is 2.76. The number of sulfone groups is 1. The van der Waals surface area contributed by atoms with Gasteiger partial charge in [0.05, 0.1) is 23.0 Å². The zero-order valence-corrected chi connectivity index (χ0v) is 11.2. The van der Waals surface area contributed by atoms with Crippen molar-refractivity contribution in [2.75, 3.05) is 11.5 Å². The molecule has 1 fully saturated rings. The zero-order chi connectivity index (χ0) is 14.8. The Balaban J connectivity index is 1.91. The second-order valence-electron chi connectivity index (χ2n) is 4.52. The SMILES string of the molecule is O=C(NNC(=O)[C@@H]1CCS(=O)(=O)C1)c1ccccc1F. The van der Waals surface area contributed by atoms with E-state index in [2.05, 4.69) is 10.9 Å². The molecule has 6 nitrogen and oxygen atoms in total. The highest BCUT2D eigenvalue weighted by atomic mass is 32.2. The van der Waals surface area contributed by atoms with Gasteiger partial charge in [-0.05, 0) is 18.6 Å². The Hall–Kier alpha value is -1.96. The first kappa shape index (κ1) is 14.4. The van der Waals surface area contributed by atoms with Gasteiger partial charge in [0.1, 0.15) is 5.82 Å². The van der Waals surface area contributed by atoms with Gasteiger partial charge < -0.3 is 0 Å². The van der Waals surface area contributed by atoms with Gasteiger partial charge in [0.15, 0.2) is 9.84 Å². The Morgan fingerprint density at radius 3 is 2.50 bits per heavy atom. The molecule has 1 aliphatic heterocycles. The molecule has 1 aromatic carbocycles. The minimum Gasteiger partial charge on any atom is -0.273 e. The molecule has 0 bridgehead atoms. The van der Waals surface area contributed by atoms with Gasteiger partial charge in [0, 0.05) is 0 Å². The lowest BCUT2D eigenvalue weighted by Crippen LogP contribution is -2.45. The number of halogens is 1. The van der Waals surface area contributed by atoms with Crippen molar-refractivity contribution < 1.29 is 22.4 Å². The maximum Gasteiger partial charge on any atom is 0.272 e. The van der Waals surface area contributed by atoms with Crippen LogP contribution in [0.25, 0.3) is 0 Å². The molecule has 0 aliphatic carbocycles. The molecule has 0 unspecified atom stereocenters. The van der Waals surface area contributed by atoms with Crippen LogP contribution in [0.4, 0.5) is 4.39 Å². The first-order valence-electron chi connectivity index (χ1n) is 5.94. The number of nitrogens with one attached hydrogen (secondary N) is 2. The molecular formula is C12H13FN2O4S. The van der Waals surface area contributed by atoms with Gasteiger partial charge in [0.25, 0.3) is 5.91 Å². The topological polar surface area (TPSA) is 92.3 Å². The van der Waals surface area contributed by atoms with Crippen molar-refractivity contribution in [1.29, 1.82) is 0 Å². The molecular weight excluding hydrogens is 287 g/mol. The van der Waals surface area contributed by atoms with Gasteiger partial charge in [-0.3, -0.25) is 20.4 Å². The number of benzene rings is 1. The second kappa shape index (κ2) is 5.58. The Labute approximate surface area is 115 Å². The summed E-state index contributed by atoms with van der Waals surface area (Å²) in [5.41, 5.74) is 3.99. The molecule has 0 saturated carbocycles. The van der Waals surface area contributed by atoms with Gasteiger partial charge in [-0.2, -0.15) is 0 Å². The molecule has 1 heterocycles. The van der Waals surface area contributed by atoms with Crippen LogP contribution in [0, 0.1) is 11.7 Å². The van der Waals surface area contributed by atoms with Gasteiger partial charge in [-0.15, -0.1) is 0 Å². The van der Waals surface area contributed by atoms with Crippen molar-refractivity contribution in [3.05, 3.63) is 35.6 Å². The number of carbonyl (C=O) groups excluding carboxylic acids is 2. The third-order valence-electron chi connectivity index (χ3n) is 3.02. The van der Waals surface area contributed by atoms with Gasteiger partial charge in [-0.1, -0.05) is 12.1 Å². The predicted molar refractivity (Wildman–Crippen MR) is 68.8 cm³/mol. The van der Waals surface area contributed by atoms with Gasteiger partial charge in [-0.25, -0.2) is 12.8 Å². The standard InChI is InChI=1S/C12H13FN2O4S/c13-10-4-2-1-3-9(10)12(17)15-14-11(16)8-5-6-20(18,19)7-8/h1-4,8H,5-7H2,(H,14,16)(H,15,17)/t8-/m1/s1. The van der Waals surface area contributed by atoms with Crippen LogP contribution in [0.5, 0.6) is 0 Å². The summed E-state index contributed by atoms with van der Waals surface area (Å²) in [4.78, 5) is 23.3. The second-order valence-corrected chi connectivity index (χ2v) is 6.75. The van der Waals surface area contributed by atoms with Crippen molar-refractivity contribution in [3.8, 4) is 0 Å². The Morgan fingerprint density at radius 1 is 1.20 bits per heavy atom. The van der Waals surface area contributed by atoms with E-state index in [1.165, 1.54) is 18.2 Å². The van der Waals surface area contributed by atoms with Gasteiger partial charge in [0.2, 0.25) is 5.91 Å². The maximum atomic E-state index is 13.3. The maximum absolute atomic E-state index is 13.3. The summed E-state index contributed by atoms with van der Waals surface area (Å²) in [5, 5.41) is 0. The van der Waals surface area contributed by atoms with Gasteiger partial charge >= 0.3 is 0 Å². The highest BCUT2D eigenvalue weighted by molar-refractivity contribution is 7.91. The number of amides is 2. The molecule has 1 aromatic rings. The molecule has 0 aromatic heterocycles. The molecule has 2 amide bonds. The van der Waals surface area contributed by atoms with E-state index < -0.39 is 33.4 Å². The van der Waals surface area contributed by atoms with Crippen LogP contribution in [-0.2, 0) is 14.6 Å². The molecule has 20 heavy (non-hydrogen) atoms. The van der Waals surface area contributed by atoms with Crippen LogP contribution >= 0.6 is 0 Å². The first-order valence-corrected chi connectivity index (χ1v) is 7.76. The van der Waals surface area contributed by atoms with Crippen molar-refractivity contribution in [2.24, 2.45) is 5.92 Å². The molecule has 8 heteroatoms. The molecule has 2 N–H and O–H groups in total. The summed E-state index contributed by atoms with van der Waals surface area (Å²) >= 11 is 0. The average molecular weight is 300 g/mol. The smallest absolute Gasteiger partial charge is 0.272 e. The number of hydrazine groups is 1. The normalized spacial score (nSPS) is 20.4. The third-order valence-corrected chi connectivity index (χ3v) is 4.79. The lowest BCUT2D eigenvalue weighted by molar-refractivity contribution is -0.125. The highest BCUT2D eigenvalue weighted by Crippen LogP contribution is 2.18. The minimum atomic E-state index is -3.17. The summed E-state index contributed by atoms with van der Waals surface area (Å²) in [6.07, 6.45) is 0.226. The molecule has 1 saturated heterocycles. The molecule has 2 rings (SSSR count). The summed E-state index contributed by atoms with van der Waals surface area (Å²) in [6, 6.07) is 5.33.